The maximum absolute atomic E-state index is 13.2. The molecular weight excluding hydrogens is 392 g/mol. The Labute approximate surface area is 179 Å². The van der Waals surface area contributed by atoms with Crippen LogP contribution in [0.5, 0.6) is 0 Å². The smallest absolute Gasteiger partial charge is 0.322 e. The maximum atomic E-state index is 13.2. The summed E-state index contributed by atoms with van der Waals surface area (Å²) in [6.45, 7) is 5.47. The Hall–Kier alpha value is -3.75. The van der Waals surface area contributed by atoms with Crippen LogP contribution in [0.4, 0.5) is 10.5 Å². The molecule has 1 saturated heterocycles. The van der Waals surface area contributed by atoms with E-state index in [-0.39, 0.29) is 12.1 Å². The highest BCUT2D eigenvalue weighted by Gasteiger charge is 2.33. The summed E-state index contributed by atoms with van der Waals surface area (Å²) in [7, 11) is 0. The van der Waals surface area contributed by atoms with Gasteiger partial charge in [0.1, 0.15) is 5.82 Å². The summed E-state index contributed by atoms with van der Waals surface area (Å²) < 4.78 is 3.85. The highest BCUT2D eigenvalue weighted by Crippen LogP contribution is 2.34. The molecule has 1 atom stereocenters. The summed E-state index contributed by atoms with van der Waals surface area (Å²) in [4.78, 5) is 20.0. The molecule has 1 fully saturated rings. The Bertz CT molecular complexity index is 1240. The van der Waals surface area contributed by atoms with Crippen molar-refractivity contribution in [1.29, 1.82) is 0 Å². The number of aromatic nitrogens is 6. The number of hydrogen-bond donors (Lipinski definition) is 1. The lowest BCUT2D eigenvalue weighted by atomic mass is 10.2. The molecule has 2 aromatic heterocycles. The molecule has 158 valence electrons. The fourth-order valence-electron chi connectivity index (χ4n) is 4.34. The first kappa shape index (κ1) is 19.2. The van der Waals surface area contributed by atoms with Gasteiger partial charge in [-0.1, -0.05) is 18.2 Å². The number of benzene rings is 2. The fourth-order valence-corrected chi connectivity index (χ4v) is 4.34. The molecule has 5 rings (SSSR count). The number of para-hydroxylation sites is 2. The van der Waals surface area contributed by atoms with Crippen molar-refractivity contribution >= 4 is 22.8 Å². The van der Waals surface area contributed by atoms with Crippen molar-refractivity contribution in [3.8, 4) is 5.69 Å². The summed E-state index contributed by atoms with van der Waals surface area (Å²) in [5, 5.41) is 14.7. The molecule has 2 aromatic carbocycles. The molecule has 3 heterocycles. The van der Waals surface area contributed by atoms with Gasteiger partial charge in [-0.05, 0) is 67.4 Å². The molecule has 1 aliphatic rings. The summed E-state index contributed by atoms with van der Waals surface area (Å²) in [6, 6.07) is 15.5. The molecule has 0 aliphatic carbocycles. The van der Waals surface area contributed by atoms with Gasteiger partial charge < -0.3 is 14.8 Å². The number of carbonyl (C=O) groups is 1. The third-order valence-corrected chi connectivity index (χ3v) is 5.78. The molecule has 1 aliphatic heterocycles. The zero-order chi connectivity index (χ0) is 21.4. The summed E-state index contributed by atoms with van der Waals surface area (Å²) in [6.07, 6.45) is 1.86. The number of aryl methyl sites for hydroxylation is 2. The van der Waals surface area contributed by atoms with Gasteiger partial charge >= 0.3 is 6.03 Å². The van der Waals surface area contributed by atoms with Crippen LogP contribution in [-0.4, -0.2) is 47.2 Å². The molecule has 1 N–H and O–H groups in total. The van der Waals surface area contributed by atoms with Crippen LogP contribution in [0.15, 0.2) is 48.5 Å². The van der Waals surface area contributed by atoms with E-state index < -0.39 is 0 Å². The van der Waals surface area contributed by atoms with Crippen LogP contribution < -0.4 is 5.32 Å². The van der Waals surface area contributed by atoms with Crippen LogP contribution in [0, 0.1) is 6.92 Å². The molecule has 0 bridgehead atoms. The number of imidazole rings is 1. The molecule has 1 unspecified atom stereocenters. The van der Waals surface area contributed by atoms with Gasteiger partial charge in [0.15, 0.2) is 5.82 Å². The zero-order valence-electron chi connectivity index (χ0n) is 17.6. The lowest BCUT2D eigenvalue weighted by Gasteiger charge is -2.25. The molecule has 31 heavy (non-hydrogen) atoms. The Morgan fingerprint density at radius 1 is 1.19 bits per heavy atom. The number of amides is 2. The quantitative estimate of drug-likeness (QED) is 0.547. The Morgan fingerprint density at radius 2 is 2.06 bits per heavy atom. The van der Waals surface area contributed by atoms with E-state index in [2.05, 4.69) is 38.4 Å². The minimum atomic E-state index is -0.122. The third-order valence-electron chi connectivity index (χ3n) is 5.78. The highest BCUT2D eigenvalue weighted by atomic mass is 16.2. The van der Waals surface area contributed by atoms with E-state index in [9.17, 15) is 4.79 Å². The lowest BCUT2D eigenvalue weighted by molar-refractivity contribution is 0.204. The van der Waals surface area contributed by atoms with E-state index in [1.54, 1.807) is 4.68 Å². The van der Waals surface area contributed by atoms with Crippen molar-refractivity contribution in [1.82, 2.24) is 34.7 Å². The number of nitrogens with one attached hydrogen (secondary N) is 1. The Kier molecular flexibility index (Phi) is 4.85. The number of carbonyl (C=O) groups excluding carboxylic acids is 1. The molecule has 9 nitrogen and oxygen atoms in total. The van der Waals surface area contributed by atoms with E-state index in [0.717, 1.165) is 41.9 Å². The number of tetrazole rings is 1. The summed E-state index contributed by atoms with van der Waals surface area (Å²) in [5.41, 5.74) is 3.57. The second kappa shape index (κ2) is 7.82. The van der Waals surface area contributed by atoms with Gasteiger partial charge in [-0.25, -0.2) is 9.78 Å². The van der Waals surface area contributed by atoms with Crippen molar-refractivity contribution in [3.63, 3.8) is 0 Å². The number of likely N-dealkylation sites (tertiary alicyclic amines) is 1. The highest BCUT2D eigenvalue weighted by molar-refractivity contribution is 5.90. The monoisotopic (exact) mass is 416 g/mol. The minimum Gasteiger partial charge on any atom is -0.327 e. The van der Waals surface area contributed by atoms with Crippen molar-refractivity contribution in [2.24, 2.45) is 0 Å². The lowest BCUT2D eigenvalue weighted by Crippen LogP contribution is -2.35. The summed E-state index contributed by atoms with van der Waals surface area (Å²) in [5.74, 6) is 1.64. The molecular formula is C22H24N8O. The fraction of sp³-hybridized carbons (Fsp3) is 0.318. The third kappa shape index (κ3) is 3.41. The molecule has 0 spiro atoms. The van der Waals surface area contributed by atoms with Crippen LogP contribution in [0.3, 0.4) is 0 Å². The van der Waals surface area contributed by atoms with Crippen molar-refractivity contribution in [2.45, 2.75) is 39.3 Å². The Balaban J connectivity index is 1.41. The zero-order valence-corrected chi connectivity index (χ0v) is 17.6. The second-order valence-corrected chi connectivity index (χ2v) is 7.67. The van der Waals surface area contributed by atoms with E-state index in [1.807, 2.05) is 54.3 Å². The number of hydrogen-bond acceptors (Lipinski definition) is 5. The van der Waals surface area contributed by atoms with Crippen LogP contribution >= 0.6 is 0 Å². The molecule has 0 saturated carbocycles. The topological polar surface area (TPSA) is 93.8 Å². The van der Waals surface area contributed by atoms with Crippen molar-refractivity contribution < 1.29 is 4.79 Å². The second-order valence-electron chi connectivity index (χ2n) is 7.67. The first-order chi connectivity index (χ1) is 15.2. The molecule has 0 radical (unpaired) electrons. The van der Waals surface area contributed by atoms with Gasteiger partial charge in [-0.2, -0.15) is 4.68 Å². The van der Waals surface area contributed by atoms with Gasteiger partial charge in [0.25, 0.3) is 0 Å². The van der Waals surface area contributed by atoms with E-state index in [1.165, 1.54) is 0 Å². The van der Waals surface area contributed by atoms with Gasteiger partial charge in [0.05, 0.1) is 22.8 Å². The number of fused-ring (bicyclic) bond motifs is 1. The predicted octanol–water partition coefficient (Wildman–Crippen LogP) is 3.71. The van der Waals surface area contributed by atoms with E-state index >= 15 is 0 Å². The summed E-state index contributed by atoms with van der Waals surface area (Å²) >= 11 is 0. The van der Waals surface area contributed by atoms with Crippen LogP contribution in [-0.2, 0) is 6.54 Å². The minimum absolute atomic E-state index is 0.0442. The predicted molar refractivity (Wildman–Crippen MR) is 117 cm³/mol. The van der Waals surface area contributed by atoms with Crippen LogP contribution in [0.1, 0.15) is 37.5 Å². The van der Waals surface area contributed by atoms with E-state index in [4.69, 9.17) is 4.98 Å². The normalized spacial score (nSPS) is 16.2. The first-order valence-electron chi connectivity index (χ1n) is 10.5. The number of anilines is 1. The Morgan fingerprint density at radius 3 is 2.87 bits per heavy atom. The number of urea groups is 1. The molecule has 9 heteroatoms. The molecule has 4 aromatic rings. The van der Waals surface area contributed by atoms with Crippen molar-refractivity contribution in [2.75, 3.05) is 11.9 Å². The largest absolute Gasteiger partial charge is 0.327 e. The number of rotatable bonds is 4. The van der Waals surface area contributed by atoms with Gasteiger partial charge in [-0.3, -0.25) is 0 Å². The SMILES string of the molecule is CCn1c(C2CCCN2C(=O)Nc2cccc(-n3nnnc3C)c2)nc2ccccc21. The molecule has 2 amide bonds. The van der Waals surface area contributed by atoms with Crippen molar-refractivity contribution in [3.05, 3.63) is 60.2 Å². The van der Waals surface area contributed by atoms with E-state index in [0.29, 0.717) is 18.1 Å². The van der Waals surface area contributed by atoms with Gasteiger partial charge in [0.2, 0.25) is 0 Å². The standard InChI is InChI=1S/C22H24N8O/c1-3-28-19-11-5-4-10-18(19)24-21(28)20-12-7-13-29(20)22(31)23-16-8-6-9-17(14-16)30-15(2)25-26-27-30/h4-6,8-11,14,20H,3,7,12-13H2,1-2H3,(H,23,31). The number of nitrogens with zero attached hydrogens (tertiary/aromatic N) is 7. The van der Waals surface area contributed by atoms with Crippen LogP contribution in [0.2, 0.25) is 0 Å². The van der Waals surface area contributed by atoms with Crippen LogP contribution in [0.25, 0.3) is 16.7 Å². The van der Waals surface area contributed by atoms with Gasteiger partial charge in [-0.15, -0.1) is 5.10 Å². The maximum Gasteiger partial charge on any atom is 0.322 e. The first-order valence-corrected chi connectivity index (χ1v) is 10.5. The van der Waals surface area contributed by atoms with Gasteiger partial charge in [0, 0.05) is 18.8 Å². The average molecular weight is 416 g/mol. The average Bonchev–Trinajstić information content (AvgIpc) is 3.51.